The third kappa shape index (κ3) is 5.50. The number of aliphatic hydroxyl groups is 1. The Morgan fingerprint density at radius 3 is 2.64 bits per heavy atom. The molecule has 260 valence electrons. The number of carbonyl (C=O) groups is 3. The lowest BCUT2D eigenvalue weighted by Crippen LogP contribution is -2.44. The number of benzene rings is 2. The van der Waals surface area contributed by atoms with Gasteiger partial charge in [-0.15, -0.1) is 0 Å². The predicted octanol–water partition coefficient (Wildman–Crippen LogP) is 5.87. The van der Waals surface area contributed by atoms with E-state index in [9.17, 15) is 24.3 Å². The quantitative estimate of drug-likeness (QED) is 0.193. The van der Waals surface area contributed by atoms with Gasteiger partial charge in [0.15, 0.2) is 5.60 Å². The van der Waals surface area contributed by atoms with Gasteiger partial charge in [0, 0.05) is 22.6 Å². The van der Waals surface area contributed by atoms with Crippen molar-refractivity contribution in [3.63, 3.8) is 0 Å². The fourth-order valence-corrected chi connectivity index (χ4v) is 7.56. The van der Waals surface area contributed by atoms with Crippen LogP contribution in [0.1, 0.15) is 85.5 Å². The minimum absolute atomic E-state index is 0.00112. The Labute approximate surface area is 291 Å². The molecule has 0 saturated carbocycles. The molecule has 0 bridgehead atoms. The van der Waals surface area contributed by atoms with Gasteiger partial charge in [-0.2, -0.15) is 0 Å². The minimum Gasteiger partial charge on any atom is -0.458 e. The van der Waals surface area contributed by atoms with E-state index < -0.39 is 40.7 Å². The monoisotopic (exact) mass is 702 g/mol. The van der Waals surface area contributed by atoms with Gasteiger partial charge in [0.2, 0.25) is 5.91 Å². The van der Waals surface area contributed by atoms with Crippen LogP contribution in [0.2, 0.25) is 5.02 Å². The van der Waals surface area contributed by atoms with Crippen molar-refractivity contribution in [2.75, 3.05) is 5.32 Å². The lowest BCUT2D eigenvalue weighted by atomic mass is 9.81. The largest absolute Gasteiger partial charge is 0.458 e. The summed E-state index contributed by atoms with van der Waals surface area (Å²) < 4.78 is 27.3. The minimum atomic E-state index is -1.99. The highest BCUT2D eigenvalue weighted by Gasteiger charge is 2.46. The number of pyridine rings is 2. The van der Waals surface area contributed by atoms with E-state index in [0.29, 0.717) is 52.1 Å². The molecule has 0 unspecified atom stereocenters. The third-order valence-electron chi connectivity index (χ3n) is 9.75. The number of rotatable bonds is 5. The van der Waals surface area contributed by atoms with Crippen LogP contribution in [0.25, 0.3) is 22.3 Å². The molecule has 4 aromatic rings. The van der Waals surface area contributed by atoms with E-state index in [1.54, 1.807) is 58.9 Å². The number of amides is 2. The van der Waals surface area contributed by atoms with Gasteiger partial charge in [-0.25, -0.2) is 19.0 Å². The maximum absolute atomic E-state index is 15.2. The van der Waals surface area contributed by atoms with Crippen LogP contribution in [0.15, 0.2) is 35.1 Å². The first-order valence-electron chi connectivity index (χ1n) is 16.5. The van der Waals surface area contributed by atoms with Gasteiger partial charge < -0.3 is 24.5 Å². The fraction of sp³-hybridized carbons (Fsp3) is 0.378. The normalized spacial score (nSPS) is 19.0. The van der Waals surface area contributed by atoms with Crippen molar-refractivity contribution in [1.82, 2.24) is 14.9 Å². The Kier molecular flexibility index (Phi) is 8.02. The van der Waals surface area contributed by atoms with Crippen LogP contribution in [0.5, 0.6) is 0 Å². The number of ether oxygens (including phenoxy) is 2. The van der Waals surface area contributed by atoms with Crippen LogP contribution in [0.4, 0.5) is 14.9 Å². The van der Waals surface area contributed by atoms with Gasteiger partial charge >= 0.3 is 12.1 Å². The molecule has 2 aromatic carbocycles. The van der Waals surface area contributed by atoms with E-state index >= 15 is 4.39 Å². The molecule has 0 radical (unpaired) electrons. The molecule has 2 aromatic heterocycles. The summed E-state index contributed by atoms with van der Waals surface area (Å²) in [5.74, 6) is -1.51. The number of anilines is 1. The van der Waals surface area contributed by atoms with Crippen molar-refractivity contribution in [1.29, 1.82) is 0 Å². The summed E-state index contributed by atoms with van der Waals surface area (Å²) in [5.41, 5.74) is 2.25. The Morgan fingerprint density at radius 2 is 1.94 bits per heavy atom. The molecular formula is C37H36ClFN4O7. The number of hydrogen-bond acceptors (Lipinski definition) is 8. The third-order valence-corrected chi connectivity index (χ3v) is 10.1. The van der Waals surface area contributed by atoms with E-state index in [0.717, 1.165) is 16.5 Å². The first-order valence-corrected chi connectivity index (χ1v) is 16.9. The average Bonchev–Trinajstić information content (AvgIpc) is 3.41. The number of esters is 1. The molecule has 50 heavy (non-hydrogen) atoms. The SMILES string of the molecule is CC[C@@]1(O)C(=O)OCc2c1cc1n(c2=O)Cc2c-1nc1cc(F)c(C)c3c1c2[C@@H](NC(=O)Cc1ccc(NC(=O)OC(C)(C)C)c(Cl)c1)CC3. The molecule has 1 aliphatic carbocycles. The molecule has 7 rings (SSSR count). The molecule has 11 nitrogen and oxygen atoms in total. The molecule has 3 N–H and O–H groups in total. The number of nitrogens with zero attached hydrogens (tertiary/aromatic N) is 2. The van der Waals surface area contributed by atoms with Crippen LogP contribution in [-0.2, 0) is 50.7 Å². The zero-order chi connectivity index (χ0) is 35.9. The Morgan fingerprint density at radius 1 is 1.18 bits per heavy atom. The Balaban J connectivity index is 1.25. The van der Waals surface area contributed by atoms with Gasteiger partial charge in [0.05, 0.1) is 52.2 Å². The molecule has 0 saturated heterocycles. The highest BCUT2D eigenvalue weighted by atomic mass is 35.5. The molecular weight excluding hydrogens is 667 g/mol. The summed E-state index contributed by atoms with van der Waals surface area (Å²) in [4.78, 5) is 57.2. The summed E-state index contributed by atoms with van der Waals surface area (Å²) in [7, 11) is 0. The first kappa shape index (κ1) is 33.7. The Hall–Kier alpha value is -4.81. The summed E-state index contributed by atoms with van der Waals surface area (Å²) in [5, 5.41) is 18.1. The van der Waals surface area contributed by atoms with Crippen molar-refractivity contribution in [3.05, 3.63) is 90.5 Å². The summed E-state index contributed by atoms with van der Waals surface area (Å²) >= 11 is 6.45. The number of nitrogens with one attached hydrogen (secondary N) is 2. The lowest BCUT2D eigenvalue weighted by molar-refractivity contribution is -0.172. The molecule has 2 aliphatic heterocycles. The van der Waals surface area contributed by atoms with Crippen molar-refractivity contribution in [2.45, 2.75) is 90.7 Å². The van der Waals surface area contributed by atoms with Crippen LogP contribution in [0.3, 0.4) is 0 Å². The first-order chi connectivity index (χ1) is 23.6. The van der Waals surface area contributed by atoms with Gasteiger partial charge in [-0.1, -0.05) is 24.6 Å². The van der Waals surface area contributed by atoms with Crippen molar-refractivity contribution >= 4 is 46.2 Å². The van der Waals surface area contributed by atoms with Crippen LogP contribution in [0, 0.1) is 12.7 Å². The standard InChI is InChI=1S/C37H36ClFN4O7/c1-6-37(48)22-13-28-32-20(15-43(28)33(45)21(22)16-49-34(37)46)31-26(10-8-19-17(2)24(39)14-27(41-32)30(19)31)40-29(44)12-18-7-9-25(23(38)11-18)42-35(47)50-36(3,4)5/h7,9,11,13-14,26,48H,6,8,10,12,15-16H2,1-5H3,(H,40,44)(H,42,47)/t26-,37-/m0/s1. The summed E-state index contributed by atoms with van der Waals surface area (Å²) in [6.07, 6.45) is 0.320. The number of aromatic nitrogens is 2. The average molecular weight is 703 g/mol. The number of carbonyl (C=O) groups excluding carboxylic acids is 3. The number of hydrogen-bond donors (Lipinski definition) is 3. The smallest absolute Gasteiger partial charge is 0.412 e. The van der Waals surface area contributed by atoms with E-state index in [1.807, 2.05) is 0 Å². The maximum atomic E-state index is 15.2. The number of fused-ring (bicyclic) bond motifs is 5. The number of aryl methyl sites for hydroxylation is 1. The number of halogens is 2. The second-order valence-electron chi connectivity index (χ2n) is 14.1. The fourth-order valence-electron chi connectivity index (χ4n) is 7.31. The zero-order valence-corrected chi connectivity index (χ0v) is 29.0. The highest BCUT2D eigenvalue weighted by molar-refractivity contribution is 6.33. The van der Waals surface area contributed by atoms with Crippen LogP contribution >= 0.6 is 11.6 Å². The van der Waals surface area contributed by atoms with Crippen LogP contribution < -0.4 is 16.2 Å². The molecule has 3 aliphatic rings. The van der Waals surface area contributed by atoms with E-state index in [1.165, 1.54) is 10.6 Å². The summed E-state index contributed by atoms with van der Waals surface area (Å²) in [6.45, 7) is 8.49. The number of cyclic esters (lactones) is 1. The van der Waals surface area contributed by atoms with E-state index in [4.69, 9.17) is 26.1 Å². The molecule has 13 heteroatoms. The topological polar surface area (TPSA) is 149 Å². The van der Waals surface area contributed by atoms with Crippen LogP contribution in [-0.4, -0.2) is 38.2 Å². The second-order valence-corrected chi connectivity index (χ2v) is 14.5. The summed E-state index contributed by atoms with van der Waals surface area (Å²) in [6, 6.07) is 7.41. The highest BCUT2D eigenvalue weighted by Crippen LogP contribution is 2.46. The molecule has 0 spiro atoms. The predicted molar refractivity (Wildman–Crippen MR) is 183 cm³/mol. The zero-order valence-electron chi connectivity index (χ0n) is 28.3. The maximum Gasteiger partial charge on any atom is 0.412 e. The van der Waals surface area contributed by atoms with E-state index in [-0.39, 0.29) is 48.0 Å². The van der Waals surface area contributed by atoms with Gasteiger partial charge in [0.25, 0.3) is 5.56 Å². The van der Waals surface area contributed by atoms with Crippen molar-refractivity contribution in [3.8, 4) is 11.4 Å². The lowest BCUT2D eigenvalue weighted by Gasteiger charge is -2.31. The van der Waals surface area contributed by atoms with Gasteiger partial charge in [0.1, 0.15) is 18.0 Å². The molecule has 0 fully saturated rings. The molecule has 4 heterocycles. The Bertz CT molecular complexity index is 2230. The van der Waals surface area contributed by atoms with E-state index in [2.05, 4.69) is 10.6 Å². The van der Waals surface area contributed by atoms with Crippen molar-refractivity contribution in [2.24, 2.45) is 0 Å². The molecule has 2 amide bonds. The van der Waals surface area contributed by atoms with Crippen molar-refractivity contribution < 1.29 is 33.4 Å². The molecule has 2 atom stereocenters. The van der Waals surface area contributed by atoms with Gasteiger partial charge in [-0.3, -0.25) is 14.9 Å². The van der Waals surface area contributed by atoms with Gasteiger partial charge in [-0.05, 0) is 87.4 Å². The second kappa shape index (κ2) is 11.9.